The first kappa shape index (κ1) is 10.5. The number of pyridine rings is 1. The molecule has 0 saturated heterocycles. The van der Waals surface area contributed by atoms with Crippen LogP contribution in [0.5, 0.6) is 0 Å². The van der Waals surface area contributed by atoms with Gasteiger partial charge in [-0.25, -0.2) is 0 Å². The van der Waals surface area contributed by atoms with Gasteiger partial charge in [-0.05, 0) is 25.5 Å². The topological polar surface area (TPSA) is 48.3 Å². The van der Waals surface area contributed by atoms with Crippen LogP contribution in [0.3, 0.4) is 0 Å². The fraction of sp³-hybridized carbons (Fsp3) is 0.400. The van der Waals surface area contributed by atoms with Crippen LogP contribution >= 0.6 is 0 Å². The lowest BCUT2D eigenvalue weighted by molar-refractivity contribution is -0.143. The minimum absolute atomic E-state index is 0.0209. The van der Waals surface area contributed by atoms with Crippen LogP contribution in [-0.2, 0) is 16.1 Å². The molecule has 14 heavy (non-hydrogen) atoms. The molecular weight excluding hydrogens is 182 g/mol. The first-order valence-electron chi connectivity index (χ1n) is 4.46. The van der Waals surface area contributed by atoms with Crippen molar-refractivity contribution >= 4 is 5.97 Å². The molecule has 1 aromatic heterocycles. The van der Waals surface area contributed by atoms with E-state index in [2.05, 4.69) is 0 Å². The average Bonchev–Trinajstić information content (AvgIpc) is 2.10. The molecule has 76 valence electrons. The number of carbonyl (C=O) groups excluding carboxylic acids is 1. The first-order chi connectivity index (χ1) is 6.63. The highest BCUT2D eigenvalue weighted by atomic mass is 16.5. The van der Waals surface area contributed by atoms with Gasteiger partial charge in [-0.1, -0.05) is 0 Å². The summed E-state index contributed by atoms with van der Waals surface area (Å²) in [6.45, 7) is 3.87. The Hall–Kier alpha value is -1.58. The maximum atomic E-state index is 11.3. The highest BCUT2D eigenvalue weighted by Crippen LogP contribution is 1.91. The molecular formula is C10H13NO3. The highest BCUT2D eigenvalue weighted by Gasteiger charge is 2.03. The Kier molecular flexibility index (Phi) is 3.45. The molecule has 4 nitrogen and oxygen atoms in total. The summed E-state index contributed by atoms with van der Waals surface area (Å²) in [5.74, 6) is -0.390. The van der Waals surface area contributed by atoms with Gasteiger partial charge in [-0.15, -0.1) is 0 Å². The molecule has 0 fully saturated rings. The number of aryl methyl sites for hydroxylation is 1. The summed E-state index contributed by atoms with van der Waals surface area (Å²) in [7, 11) is 0. The lowest BCUT2D eigenvalue weighted by atomic mass is 10.3. The Labute approximate surface area is 82.1 Å². The van der Waals surface area contributed by atoms with Gasteiger partial charge in [0.05, 0.1) is 6.61 Å². The number of rotatable bonds is 3. The molecule has 0 N–H and O–H groups in total. The van der Waals surface area contributed by atoms with Crippen LogP contribution in [0.15, 0.2) is 23.1 Å². The van der Waals surface area contributed by atoms with Gasteiger partial charge >= 0.3 is 5.97 Å². The maximum Gasteiger partial charge on any atom is 0.326 e. The smallest absolute Gasteiger partial charge is 0.326 e. The van der Waals surface area contributed by atoms with Crippen molar-refractivity contribution in [1.82, 2.24) is 4.57 Å². The number of hydrogen-bond acceptors (Lipinski definition) is 3. The molecule has 4 heteroatoms. The van der Waals surface area contributed by atoms with E-state index in [-0.39, 0.29) is 12.1 Å². The van der Waals surface area contributed by atoms with Gasteiger partial charge in [-0.3, -0.25) is 9.59 Å². The van der Waals surface area contributed by atoms with Gasteiger partial charge in [0.15, 0.2) is 0 Å². The number of aromatic nitrogens is 1. The van der Waals surface area contributed by atoms with Crippen molar-refractivity contribution < 1.29 is 9.53 Å². The van der Waals surface area contributed by atoms with E-state index in [1.807, 2.05) is 6.92 Å². The van der Waals surface area contributed by atoms with Crippen molar-refractivity contribution in [3.8, 4) is 0 Å². The average molecular weight is 195 g/mol. The van der Waals surface area contributed by atoms with Crippen LogP contribution in [0.2, 0.25) is 0 Å². The summed E-state index contributed by atoms with van der Waals surface area (Å²) >= 11 is 0. The van der Waals surface area contributed by atoms with Crippen LogP contribution in [0, 0.1) is 6.92 Å². The third-order valence-corrected chi connectivity index (χ3v) is 1.76. The van der Waals surface area contributed by atoms with Gasteiger partial charge in [0, 0.05) is 12.3 Å². The van der Waals surface area contributed by atoms with E-state index < -0.39 is 5.97 Å². The third-order valence-electron chi connectivity index (χ3n) is 1.76. The van der Waals surface area contributed by atoms with E-state index in [1.165, 1.54) is 10.6 Å². The Morgan fingerprint density at radius 3 is 2.86 bits per heavy atom. The molecule has 0 aliphatic rings. The monoisotopic (exact) mass is 195 g/mol. The number of esters is 1. The van der Waals surface area contributed by atoms with Crippen molar-refractivity contribution in [2.45, 2.75) is 20.4 Å². The van der Waals surface area contributed by atoms with Gasteiger partial charge in [0.25, 0.3) is 5.56 Å². The zero-order chi connectivity index (χ0) is 10.6. The molecule has 0 atom stereocenters. The molecule has 0 saturated carbocycles. The first-order valence-corrected chi connectivity index (χ1v) is 4.46. The molecule has 1 aromatic rings. The fourth-order valence-corrected chi connectivity index (χ4v) is 1.08. The van der Waals surface area contributed by atoms with Crippen LogP contribution in [-0.4, -0.2) is 17.1 Å². The normalized spacial score (nSPS) is 9.86. The second-order valence-electron chi connectivity index (χ2n) is 2.98. The molecule has 1 heterocycles. The molecule has 0 radical (unpaired) electrons. The highest BCUT2D eigenvalue weighted by molar-refractivity contribution is 5.69. The van der Waals surface area contributed by atoms with E-state index in [4.69, 9.17) is 4.74 Å². The molecule has 0 unspecified atom stereocenters. The molecule has 0 bridgehead atoms. The summed E-state index contributed by atoms with van der Waals surface area (Å²) in [6, 6.07) is 3.26. The van der Waals surface area contributed by atoms with E-state index >= 15 is 0 Å². The quantitative estimate of drug-likeness (QED) is 0.668. The third kappa shape index (κ3) is 2.73. The SMILES string of the molecule is CCOC(=O)Cn1ccc(C)cc1=O. The van der Waals surface area contributed by atoms with Gasteiger partial charge in [0.2, 0.25) is 0 Å². The summed E-state index contributed by atoms with van der Waals surface area (Å²) in [6.07, 6.45) is 1.59. The van der Waals surface area contributed by atoms with Crippen LogP contribution in [0.4, 0.5) is 0 Å². The predicted octanol–water partition coefficient (Wildman–Crippen LogP) is 0.720. The zero-order valence-corrected chi connectivity index (χ0v) is 8.32. The fourth-order valence-electron chi connectivity index (χ4n) is 1.08. The van der Waals surface area contributed by atoms with E-state index in [1.54, 1.807) is 19.2 Å². The number of ether oxygens (including phenoxy) is 1. The van der Waals surface area contributed by atoms with E-state index in [0.717, 1.165) is 5.56 Å². The lowest BCUT2D eigenvalue weighted by Crippen LogP contribution is -2.24. The molecule has 0 aromatic carbocycles. The predicted molar refractivity (Wildman–Crippen MR) is 52.1 cm³/mol. The minimum Gasteiger partial charge on any atom is -0.465 e. The zero-order valence-electron chi connectivity index (χ0n) is 8.32. The molecule has 0 spiro atoms. The van der Waals surface area contributed by atoms with Crippen LogP contribution < -0.4 is 5.56 Å². The van der Waals surface area contributed by atoms with Crippen LogP contribution in [0.1, 0.15) is 12.5 Å². The van der Waals surface area contributed by atoms with E-state index in [0.29, 0.717) is 6.61 Å². The molecule has 0 aliphatic carbocycles. The number of nitrogens with zero attached hydrogens (tertiary/aromatic N) is 1. The van der Waals surface area contributed by atoms with E-state index in [9.17, 15) is 9.59 Å². The Balaban J connectivity index is 2.77. The van der Waals surface area contributed by atoms with Gasteiger partial charge < -0.3 is 9.30 Å². The van der Waals surface area contributed by atoms with Crippen molar-refractivity contribution in [3.63, 3.8) is 0 Å². The van der Waals surface area contributed by atoms with Crippen molar-refractivity contribution in [3.05, 3.63) is 34.2 Å². The van der Waals surface area contributed by atoms with Crippen molar-refractivity contribution in [2.75, 3.05) is 6.61 Å². The van der Waals surface area contributed by atoms with Crippen molar-refractivity contribution in [1.29, 1.82) is 0 Å². The summed E-state index contributed by atoms with van der Waals surface area (Å²) in [4.78, 5) is 22.4. The summed E-state index contributed by atoms with van der Waals surface area (Å²) < 4.78 is 6.06. The summed E-state index contributed by atoms with van der Waals surface area (Å²) in [5.41, 5.74) is 0.702. The Morgan fingerprint density at radius 2 is 2.29 bits per heavy atom. The molecule has 0 amide bonds. The molecule has 0 aliphatic heterocycles. The standard InChI is InChI=1S/C10H13NO3/c1-3-14-10(13)7-11-5-4-8(2)6-9(11)12/h4-6H,3,7H2,1-2H3. The summed E-state index contributed by atoms with van der Waals surface area (Å²) in [5, 5.41) is 0. The molecule has 1 rings (SSSR count). The maximum absolute atomic E-state index is 11.3. The largest absolute Gasteiger partial charge is 0.465 e. The second kappa shape index (κ2) is 4.60. The van der Waals surface area contributed by atoms with Gasteiger partial charge in [0.1, 0.15) is 6.54 Å². The van der Waals surface area contributed by atoms with Crippen molar-refractivity contribution in [2.24, 2.45) is 0 Å². The Morgan fingerprint density at radius 1 is 1.57 bits per heavy atom. The van der Waals surface area contributed by atoms with Gasteiger partial charge in [-0.2, -0.15) is 0 Å². The Bertz CT molecular complexity index is 381. The number of carbonyl (C=O) groups is 1. The minimum atomic E-state index is -0.390. The lowest BCUT2D eigenvalue weighted by Gasteiger charge is -2.04. The van der Waals surface area contributed by atoms with Crippen LogP contribution in [0.25, 0.3) is 0 Å². The second-order valence-corrected chi connectivity index (χ2v) is 2.98. The number of hydrogen-bond donors (Lipinski definition) is 0.